The van der Waals surface area contributed by atoms with Gasteiger partial charge in [0.05, 0.1) is 5.54 Å². The molecule has 0 aromatic heterocycles. The van der Waals surface area contributed by atoms with Gasteiger partial charge in [0, 0.05) is 11.3 Å². The van der Waals surface area contributed by atoms with Gasteiger partial charge < -0.3 is 10.0 Å². The highest BCUT2D eigenvalue weighted by Gasteiger charge is 2.36. The summed E-state index contributed by atoms with van der Waals surface area (Å²) in [4.78, 5) is 13.3. The molecule has 1 N–H and O–H groups in total. The molecule has 0 fully saturated rings. The van der Waals surface area contributed by atoms with Gasteiger partial charge in [0.2, 0.25) is 0 Å². The number of carbonyl (C=O) groups is 1. The Morgan fingerprint density at radius 2 is 1.94 bits per heavy atom. The second-order valence-electron chi connectivity index (χ2n) is 5.38. The second kappa shape index (κ2) is 4.16. The molecule has 96 valence electrons. The van der Waals surface area contributed by atoms with Crippen LogP contribution in [0.3, 0.4) is 0 Å². The molecule has 1 heterocycles. The summed E-state index contributed by atoms with van der Waals surface area (Å²) in [6.45, 7) is 7.90. The Balaban J connectivity index is 2.61. The topological polar surface area (TPSA) is 40.5 Å². The molecule has 0 spiro atoms. The van der Waals surface area contributed by atoms with E-state index in [4.69, 9.17) is 0 Å². The molecule has 3 heteroatoms. The smallest absolute Gasteiger partial charge is 0.326 e. The van der Waals surface area contributed by atoms with Gasteiger partial charge >= 0.3 is 5.97 Å². The zero-order chi connectivity index (χ0) is 13.5. The molecule has 2 rings (SSSR count). The van der Waals surface area contributed by atoms with Crippen LogP contribution >= 0.6 is 0 Å². The van der Waals surface area contributed by atoms with Gasteiger partial charge in [0.25, 0.3) is 0 Å². The quantitative estimate of drug-likeness (QED) is 0.870. The van der Waals surface area contributed by atoms with Gasteiger partial charge in [-0.3, -0.25) is 0 Å². The third-order valence-corrected chi connectivity index (χ3v) is 3.52. The van der Waals surface area contributed by atoms with Gasteiger partial charge in [-0.25, -0.2) is 4.79 Å². The van der Waals surface area contributed by atoms with E-state index in [9.17, 15) is 9.90 Å². The first kappa shape index (κ1) is 12.7. The fraction of sp³-hybridized carbons (Fsp3) is 0.400. The minimum atomic E-state index is -0.800. The number of anilines is 1. The first-order chi connectivity index (χ1) is 8.34. The summed E-state index contributed by atoms with van der Waals surface area (Å²) < 4.78 is 0. The van der Waals surface area contributed by atoms with E-state index < -0.39 is 12.0 Å². The first-order valence-electron chi connectivity index (χ1n) is 6.15. The van der Waals surface area contributed by atoms with Crippen LogP contribution in [-0.4, -0.2) is 22.7 Å². The van der Waals surface area contributed by atoms with Crippen LogP contribution in [0.5, 0.6) is 0 Å². The molecule has 1 aliphatic rings. The van der Waals surface area contributed by atoms with Crippen LogP contribution in [0.15, 0.2) is 30.3 Å². The number of nitrogens with zero attached hydrogens (tertiary/aromatic N) is 1. The normalized spacial score (nSPS) is 18.9. The molecule has 0 amide bonds. The van der Waals surface area contributed by atoms with Gasteiger partial charge in [-0.1, -0.05) is 24.3 Å². The number of rotatable bonds is 2. The minimum Gasteiger partial charge on any atom is -0.480 e. The van der Waals surface area contributed by atoms with Gasteiger partial charge in [-0.15, -0.1) is 0 Å². The van der Waals surface area contributed by atoms with Crippen molar-refractivity contribution in [2.45, 2.75) is 39.3 Å². The summed E-state index contributed by atoms with van der Waals surface area (Å²) in [7, 11) is 0. The number of carboxylic acid groups (broad SMARTS) is 1. The van der Waals surface area contributed by atoms with E-state index >= 15 is 0 Å². The van der Waals surface area contributed by atoms with E-state index in [1.165, 1.54) is 5.57 Å². The lowest BCUT2D eigenvalue weighted by molar-refractivity contribution is -0.138. The Morgan fingerprint density at radius 3 is 2.56 bits per heavy atom. The first-order valence-corrected chi connectivity index (χ1v) is 6.15. The number of para-hydroxylation sites is 1. The standard InChI is InChI=1S/C15H19NO2/c1-10-9-15(3,4)16(11(2)14(17)18)13-8-6-5-7-12(10)13/h5-9,11H,1-4H3,(H,17,18). The van der Waals surface area contributed by atoms with Crippen molar-refractivity contribution in [1.29, 1.82) is 0 Å². The predicted molar refractivity (Wildman–Crippen MR) is 73.7 cm³/mol. The Kier molecular flexibility index (Phi) is 2.93. The fourth-order valence-electron chi connectivity index (χ4n) is 2.82. The molecule has 3 nitrogen and oxygen atoms in total. The highest BCUT2D eigenvalue weighted by atomic mass is 16.4. The molecule has 0 saturated heterocycles. The summed E-state index contributed by atoms with van der Waals surface area (Å²) in [5.41, 5.74) is 3.02. The summed E-state index contributed by atoms with van der Waals surface area (Å²) in [5, 5.41) is 9.30. The Bertz CT molecular complexity index is 517. The van der Waals surface area contributed by atoms with Crippen molar-refractivity contribution in [3.8, 4) is 0 Å². The molecular weight excluding hydrogens is 226 g/mol. The monoisotopic (exact) mass is 245 g/mol. The molecular formula is C15H19NO2. The number of benzene rings is 1. The third-order valence-electron chi connectivity index (χ3n) is 3.52. The number of allylic oxidation sites excluding steroid dienone is 1. The highest BCUT2D eigenvalue weighted by Crippen LogP contribution is 2.39. The van der Waals surface area contributed by atoms with E-state index in [1.807, 2.05) is 43.0 Å². The zero-order valence-electron chi connectivity index (χ0n) is 11.3. The summed E-state index contributed by atoms with van der Waals surface area (Å²) in [6, 6.07) is 7.42. The second-order valence-corrected chi connectivity index (χ2v) is 5.38. The zero-order valence-corrected chi connectivity index (χ0v) is 11.3. The maximum Gasteiger partial charge on any atom is 0.326 e. The fourth-order valence-corrected chi connectivity index (χ4v) is 2.82. The highest BCUT2D eigenvalue weighted by molar-refractivity contribution is 5.86. The third kappa shape index (κ3) is 1.90. The Labute approximate surface area is 108 Å². The van der Waals surface area contributed by atoms with E-state index in [0.29, 0.717) is 0 Å². The van der Waals surface area contributed by atoms with Crippen LogP contribution in [0.2, 0.25) is 0 Å². The minimum absolute atomic E-state index is 0.295. The van der Waals surface area contributed by atoms with Crippen LogP contribution in [0, 0.1) is 0 Å². The molecule has 1 aliphatic heterocycles. The lowest BCUT2D eigenvalue weighted by Crippen LogP contribution is -2.53. The largest absolute Gasteiger partial charge is 0.480 e. The average Bonchev–Trinajstić information content (AvgIpc) is 2.27. The van der Waals surface area contributed by atoms with E-state index in [1.54, 1.807) is 6.92 Å². The molecule has 0 saturated carbocycles. The van der Waals surface area contributed by atoms with Crippen LogP contribution in [0.1, 0.15) is 33.3 Å². The molecule has 0 bridgehead atoms. The van der Waals surface area contributed by atoms with Gasteiger partial charge in [0.1, 0.15) is 6.04 Å². The number of carboxylic acids is 1. The van der Waals surface area contributed by atoms with Gasteiger partial charge in [-0.05, 0) is 39.3 Å². The van der Waals surface area contributed by atoms with Crippen LogP contribution in [0.25, 0.3) is 5.57 Å². The van der Waals surface area contributed by atoms with Crippen molar-refractivity contribution < 1.29 is 9.90 Å². The maximum atomic E-state index is 11.3. The molecule has 18 heavy (non-hydrogen) atoms. The van der Waals surface area contributed by atoms with Crippen molar-refractivity contribution >= 4 is 17.2 Å². The van der Waals surface area contributed by atoms with E-state index in [2.05, 4.69) is 13.0 Å². The van der Waals surface area contributed by atoms with Crippen molar-refractivity contribution in [2.75, 3.05) is 4.90 Å². The van der Waals surface area contributed by atoms with Crippen molar-refractivity contribution in [2.24, 2.45) is 0 Å². The lowest BCUT2D eigenvalue weighted by Gasteiger charge is -2.45. The average molecular weight is 245 g/mol. The molecule has 1 unspecified atom stereocenters. The number of fused-ring (bicyclic) bond motifs is 1. The Hall–Kier alpha value is -1.77. The Morgan fingerprint density at radius 1 is 1.33 bits per heavy atom. The summed E-state index contributed by atoms with van der Waals surface area (Å²) >= 11 is 0. The van der Waals surface area contributed by atoms with Gasteiger partial charge in [-0.2, -0.15) is 0 Å². The molecule has 0 aliphatic carbocycles. The van der Waals surface area contributed by atoms with Crippen molar-refractivity contribution in [3.05, 3.63) is 35.9 Å². The maximum absolute atomic E-state index is 11.3. The predicted octanol–water partition coefficient (Wildman–Crippen LogP) is 3.16. The van der Waals surface area contributed by atoms with E-state index in [-0.39, 0.29) is 5.54 Å². The summed E-state index contributed by atoms with van der Waals surface area (Å²) in [5.74, 6) is -0.800. The molecule has 1 aromatic carbocycles. The molecule has 1 atom stereocenters. The van der Waals surface area contributed by atoms with Crippen molar-refractivity contribution in [3.63, 3.8) is 0 Å². The van der Waals surface area contributed by atoms with Crippen LogP contribution < -0.4 is 4.90 Å². The van der Waals surface area contributed by atoms with Crippen LogP contribution in [0.4, 0.5) is 5.69 Å². The number of hydrogen-bond acceptors (Lipinski definition) is 2. The lowest BCUT2D eigenvalue weighted by atomic mass is 9.87. The van der Waals surface area contributed by atoms with Crippen LogP contribution in [-0.2, 0) is 4.79 Å². The molecule has 1 aromatic rings. The SMILES string of the molecule is CC1=CC(C)(C)N(C(C)C(=O)O)c2ccccc21. The van der Waals surface area contributed by atoms with Crippen molar-refractivity contribution in [1.82, 2.24) is 0 Å². The number of aliphatic carboxylic acids is 1. The van der Waals surface area contributed by atoms with E-state index in [0.717, 1.165) is 11.3 Å². The molecule has 0 radical (unpaired) electrons. The number of hydrogen-bond donors (Lipinski definition) is 1. The van der Waals surface area contributed by atoms with Gasteiger partial charge in [0.15, 0.2) is 0 Å². The summed E-state index contributed by atoms with van der Waals surface area (Å²) in [6.07, 6.45) is 2.13.